The number of allylic oxidation sites excluding steroid dienone is 2. The van der Waals surface area contributed by atoms with Gasteiger partial charge in [0.2, 0.25) is 0 Å². The van der Waals surface area contributed by atoms with Crippen LogP contribution in [0, 0.1) is 0 Å². The van der Waals surface area contributed by atoms with E-state index in [2.05, 4.69) is 46.2 Å². The van der Waals surface area contributed by atoms with E-state index in [9.17, 15) is 0 Å². The molecule has 3 heterocycles. The number of methoxy groups -OCH3 is 1. The Morgan fingerprint density at radius 1 is 1.25 bits per heavy atom. The molecule has 2 aromatic rings. The molecule has 1 fully saturated rings. The van der Waals surface area contributed by atoms with Crippen molar-refractivity contribution in [1.29, 1.82) is 0 Å². The van der Waals surface area contributed by atoms with Crippen molar-refractivity contribution in [2.45, 2.75) is 25.8 Å². The Morgan fingerprint density at radius 2 is 2.07 bits per heavy atom. The summed E-state index contributed by atoms with van der Waals surface area (Å²) in [5.41, 5.74) is 3.07. The van der Waals surface area contributed by atoms with E-state index in [1.807, 2.05) is 12.3 Å². The molecular formula is C21H30N6O. The van der Waals surface area contributed by atoms with Gasteiger partial charge in [0.05, 0.1) is 12.6 Å². The maximum atomic E-state index is 5.78. The van der Waals surface area contributed by atoms with Gasteiger partial charge < -0.3 is 19.9 Å². The molecule has 4 rings (SSSR count). The molecule has 150 valence electrons. The Bertz CT molecular complexity index is 878. The fourth-order valence-corrected chi connectivity index (χ4v) is 4.02. The van der Waals surface area contributed by atoms with E-state index in [0.717, 1.165) is 67.6 Å². The second kappa shape index (κ2) is 8.32. The molecule has 28 heavy (non-hydrogen) atoms. The highest BCUT2D eigenvalue weighted by Gasteiger charge is 2.25. The summed E-state index contributed by atoms with van der Waals surface area (Å²) < 4.78 is 5.78. The first-order valence-electron chi connectivity index (χ1n) is 10.1. The van der Waals surface area contributed by atoms with Crippen LogP contribution in [0.2, 0.25) is 0 Å². The van der Waals surface area contributed by atoms with Crippen LogP contribution in [0.15, 0.2) is 35.7 Å². The molecule has 7 heteroatoms. The molecule has 1 aliphatic carbocycles. The fourth-order valence-electron chi connectivity index (χ4n) is 4.02. The van der Waals surface area contributed by atoms with E-state index >= 15 is 0 Å². The lowest BCUT2D eigenvalue weighted by atomic mass is 9.96. The smallest absolute Gasteiger partial charge is 0.154 e. The zero-order chi connectivity index (χ0) is 19.5. The average Bonchev–Trinajstić information content (AvgIpc) is 3.18. The number of ether oxygens (including phenoxy) is 1. The van der Waals surface area contributed by atoms with E-state index in [0.29, 0.717) is 12.5 Å². The molecule has 0 bridgehead atoms. The highest BCUT2D eigenvalue weighted by Crippen LogP contribution is 2.27. The van der Waals surface area contributed by atoms with E-state index in [1.165, 1.54) is 5.57 Å². The minimum Gasteiger partial charge on any atom is -0.501 e. The van der Waals surface area contributed by atoms with Crippen molar-refractivity contribution < 1.29 is 4.74 Å². The molecule has 1 aliphatic heterocycles. The van der Waals surface area contributed by atoms with Crippen LogP contribution in [0.5, 0.6) is 0 Å². The first kappa shape index (κ1) is 19.0. The number of anilines is 1. The molecule has 2 aromatic heterocycles. The van der Waals surface area contributed by atoms with Crippen molar-refractivity contribution in [2.75, 3.05) is 52.2 Å². The zero-order valence-corrected chi connectivity index (χ0v) is 17.0. The molecule has 7 nitrogen and oxygen atoms in total. The van der Waals surface area contributed by atoms with Gasteiger partial charge in [0.25, 0.3) is 0 Å². The Hall–Kier alpha value is -2.38. The van der Waals surface area contributed by atoms with Crippen molar-refractivity contribution >= 4 is 16.9 Å². The quantitative estimate of drug-likeness (QED) is 0.800. The van der Waals surface area contributed by atoms with Gasteiger partial charge in [-0.3, -0.25) is 4.90 Å². The third-order valence-corrected chi connectivity index (χ3v) is 5.67. The lowest BCUT2D eigenvalue weighted by molar-refractivity contribution is 0.119. The summed E-state index contributed by atoms with van der Waals surface area (Å²) in [7, 11) is 3.96. The van der Waals surface area contributed by atoms with Crippen LogP contribution in [-0.2, 0) is 11.2 Å². The topological polar surface area (TPSA) is 69.3 Å². The van der Waals surface area contributed by atoms with Gasteiger partial charge in [-0.2, -0.15) is 0 Å². The molecule has 2 N–H and O–H groups in total. The highest BCUT2D eigenvalue weighted by atomic mass is 16.5. The number of hydrogen-bond acceptors (Lipinski definition) is 6. The minimum absolute atomic E-state index is 0.415. The van der Waals surface area contributed by atoms with Crippen molar-refractivity contribution in [3.05, 3.63) is 41.6 Å². The van der Waals surface area contributed by atoms with Gasteiger partial charge >= 0.3 is 0 Å². The summed E-state index contributed by atoms with van der Waals surface area (Å²) in [4.78, 5) is 17.6. The van der Waals surface area contributed by atoms with Gasteiger partial charge in [-0.1, -0.05) is 12.2 Å². The highest BCUT2D eigenvalue weighted by molar-refractivity contribution is 5.85. The summed E-state index contributed by atoms with van der Waals surface area (Å²) in [6.07, 6.45) is 8.03. The summed E-state index contributed by atoms with van der Waals surface area (Å²) >= 11 is 0. The summed E-state index contributed by atoms with van der Waals surface area (Å²) in [6, 6.07) is 2.41. The summed E-state index contributed by atoms with van der Waals surface area (Å²) in [5, 5.41) is 3.33. The van der Waals surface area contributed by atoms with E-state index in [4.69, 9.17) is 14.7 Å². The largest absolute Gasteiger partial charge is 0.501 e. The Labute approximate surface area is 166 Å². The molecule has 0 spiro atoms. The van der Waals surface area contributed by atoms with Crippen LogP contribution >= 0.6 is 0 Å². The van der Waals surface area contributed by atoms with Gasteiger partial charge in [0.1, 0.15) is 17.1 Å². The average molecular weight is 383 g/mol. The lowest BCUT2D eigenvalue weighted by Gasteiger charge is -2.38. The standard InChI is InChI=1S/C21H30N6O/c1-4-22-21-20-17(7-8-23-20)24-19(25-21)13-15-5-6-16(14-18(15)28-3)27-11-9-26(2)10-12-27/h5-8,16,23H,4,9-14H2,1-3H3,(H,22,24,25). The number of nitrogens with one attached hydrogen (secondary N) is 2. The maximum absolute atomic E-state index is 5.78. The van der Waals surface area contributed by atoms with Crippen molar-refractivity contribution in [2.24, 2.45) is 0 Å². The molecule has 1 atom stereocenters. The zero-order valence-electron chi connectivity index (χ0n) is 17.0. The first-order chi connectivity index (χ1) is 13.7. The van der Waals surface area contributed by atoms with E-state index in [-0.39, 0.29) is 0 Å². The number of rotatable bonds is 6. The van der Waals surface area contributed by atoms with Crippen LogP contribution in [0.4, 0.5) is 5.82 Å². The molecule has 2 aliphatic rings. The molecule has 0 saturated carbocycles. The minimum atomic E-state index is 0.415. The van der Waals surface area contributed by atoms with Crippen molar-refractivity contribution in [3.8, 4) is 0 Å². The number of hydrogen-bond donors (Lipinski definition) is 2. The molecule has 1 unspecified atom stereocenters. The predicted molar refractivity (Wildman–Crippen MR) is 112 cm³/mol. The number of fused-ring (bicyclic) bond motifs is 1. The molecule has 0 radical (unpaired) electrons. The van der Waals surface area contributed by atoms with Gasteiger partial charge in [-0.15, -0.1) is 0 Å². The van der Waals surface area contributed by atoms with Gasteiger partial charge in [-0.25, -0.2) is 9.97 Å². The van der Waals surface area contributed by atoms with Crippen molar-refractivity contribution in [3.63, 3.8) is 0 Å². The maximum Gasteiger partial charge on any atom is 0.154 e. The van der Waals surface area contributed by atoms with E-state index in [1.54, 1.807) is 7.11 Å². The number of nitrogens with zero attached hydrogens (tertiary/aromatic N) is 4. The van der Waals surface area contributed by atoms with Crippen molar-refractivity contribution in [1.82, 2.24) is 24.8 Å². The van der Waals surface area contributed by atoms with Gasteiger partial charge in [0.15, 0.2) is 5.82 Å². The van der Waals surface area contributed by atoms with Crippen LogP contribution < -0.4 is 5.32 Å². The monoisotopic (exact) mass is 382 g/mol. The molecule has 0 amide bonds. The van der Waals surface area contributed by atoms with Crippen LogP contribution in [0.25, 0.3) is 11.0 Å². The Kier molecular flexibility index (Phi) is 5.64. The number of likely N-dealkylation sites (N-methyl/N-ethyl adjacent to an activating group) is 1. The Balaban J connectivity index is 1.52. The number of aromatic nitrogens is 3. The SMILES string of the molecule is CCNc1nc(CC2=C(OC)CC(N3CCN(C)CC3)C=C2)nc2cc[nH]c12. The first-order valence-corrected chi connectivity index (χ1v) is 10.1. The third-order valence-electron chi connectivity index (χ3n) is 5.67. The van der Waals surface area contributed by atoms with Crippen LogP contribution in [0.3, 0.4) is 0 Å². The normalized spacial score (nSPS) is 21.5. The molecule has 0 aromatic carbocycles. The Morgan fingerprint density at radius 3 is 2.82 bits per heavy atom. The second-order valence-electron chi connectivity index (χ2n) is 7.56. The number of H-pyrrole nitrogens is 1. The summed E-state index contributed by atoms with van der Waals surface area (Å²) in [6.45, 7) is 7.36. The van der Waals surface area contributed by atoms with Crippen LogP contribution in [-0.4, -0.2) is 77.7 Å². The fraction of sp³-hybridized carbons (Fsp3) is 0.524. The van der Waals surface area contributed by atoms with Gasteiger partial charge in [0, 0.05) is 57.8 Å². The lowest BCUT2D eigenvalue weighted by Crippen LogP contribution is -2.49. The number of piperazine rings is 1. The molecule has 1 saturated heterocycles. The molecular weight excluding hydrogens is 352 g/mol. The summed E-state index contributed by atoms with van der Waals surface area (Å²) in [5.74, 6) is 2.73. The number of aromatic amines is 1. The predicted octanol–water partition coefficient (Wildman–Crippen LogP) is 2.41. The van der Waals surface area contributed by atoms with Crippen LogP contribution in [0.1, 0.15) is 19.2 Å². The van der Waals surface area contributed by atoms with Gasteiger partial charge in [-0.05, 0) is 25.6 Å². The second-order valence-corrected chi connectivity index (χ2v) is 7.56. The van der Waals surface area contributed by atoms with E-state index < -0.39 is 0 Å². The third kappa shape index (κ3) is 3.91.